The zero-order valence-corrected chi connectivity index (χ0v) is 13.7. The fraction of sp³-hybridized carbons (Fsp3) is 0.278. The van der Waals surface area contributed by atoms with Crippen LogP contribution in [0.5, 0.6) is 0 Å². The van der Waals surface area contributed by atoms with E-state index >= 15 is 0 Å². The van der Waals surface area contributed by atoms with E-state index in [-0.39, 0.29) is 11.5 Å². The number of aromatic amines is 1. The molecule has 0 fully saturated rings. The van der Waals surface area contributed by atoms with Crippen LogP contribution in [0.4, 0.5) is 5.69 Å². The molecule has 0 radical (unpaired) electrons. The maximum absolute atomic E-state index is 12.3. The molecule has 1 aromatic carbocycles. The summed E-state index contributed by atoms with van der Waals surface area (Å²) >= 11 is 0. The Morgan fingerprint density at radius 2 is 1.79 bits per heavy atom. The van der Waals surface area contributed by atoms with Crippen LogP contribution >= 0.6 is 0 Å². The van der Waals surface area contributed by atoms with Gasteiger partial charge in [0, 0.05) is 6.92 Å². The average Bonchev–Trinajstić information content (AvgIpc) is 3.06. The summed E-state index contributed by atoms with van der Waals surface area (Å²) in [5.41, 5.74) is 1.25. The summed E-state index contributed by atoms with van der Waals surface area (Å²) in [6.45, 7) is 3.76. The number of esters is 1. The summed E-state index contributed by atoms with van der Waals surface area (Å²) < 4.78 is 5.19. The molecule has 0 aliphatic carbocycles. The number of H-pyrrole nitrogens is 1. The monoisotopic (exact) mass is 328 g/mol. The lowest BCUT2D eigenvalue weighted by Gasteiger charge is -2.10. The number of Topliss-reactive ketones (excluding diaryl/α,β-unsaturated/α-hetero) is 1. The number of benzene rings is 1. The number of carbonyl (C=O) groups is 3. The molecule has 0 bridgehead atoms. The number of hydrogen-bond donors (Lipinski definition) is 2. The molecule has 0 aliphatic heterocycles. The second-order valence-corrected chi connectivity index (χ2v) is 5.33. The van der Waals surface area contributed by atoms with Crippen molar-refractivity contribution in [3.63, 3.8) is 0 Å². The van der Waals surface area contributed by atoms with Crippen molar-refractivity contribution in [2.24, 2.45) is 0 Å². The lowest BCUT2D eigenvalue weighted by molar-refractivity contribution is 0.0501. The maximum atomic E-state index is 12.3. The second kappa shape index (κ2) is 8.10. The Morgan fingerprint density at radius 3 is 2.46 bits per heavy atom. The van der Waals surface area contributed by atoms with Gasteiger partial charge in [0.2, 0.25) is 0 Å². The van der Waals surface area contributed by atoms with Crippen molar-refractivity contribution in [3.05, 3.63) is 53.3 Å². The van der Waals surface area contributed by atoms with Gasteiger partial charge < -0.3 is 15.0 Å². The van der Waals surface area contributed by atoms with Crippen LogP contribution in [0.2, 0.25) is 0 Å². The number of unbranched alkanes of at least 4 members (excludes halogenated alkanes) is 1. The average molecular weight is 328 g/mol. The number of nitrogens with one attached hydrogen (secondary N) is 2. The summed E-state index contributed by atoms with van der Waals surface area (Å²) in [7, 11) is 0. The third-order valence-corrected chi connectivity index (χ3v) is 3.44. The van der Waals surface area contributed by atoms with Gasteiger partial charge in [-0.15, -0.1) is 0 Å². The minimum atomic E-state index is -0.477. The lowest BCUT2D eigenvalue weighted by Crippen LogP contribution is -2.16. The van der Waals surface area contributed by atoms with Gasteiger partial charge in [0.25, 0.3) is 5.91 Å². The number of ketones is 1. The number of rotatable bonds is 7. The van der Waals surface area contributed by atoms with Gasteiger partial charge in [0.1, 0.15) is 5.69 Å². The molecule has 24 heavy (non-hydrogen) atoms. The number of aromatic nitrogens is 1. The summed E-state index contributed by atoms with van der Waals surface area (Å²) in [6.07, 6.45) is 1.72. The normalized spacial score (nSPS) is 10.2. The molecule has 1 heterocycles. The maximum Gasteiger partial charge on any atom is 0.340 e. The van der Waals surface area contributed by atoms with Crippen molar-refractivity contribution in [1.29, 1.82) is 0 Å². The number of ether oxygens (including phenoxy) is 1. The summed E-state index contributed by atoms with van der Waals surface area (Å²) in [4.78, 5) is 38.4. The number of para-hydroxylation sites is 1. The summed E-state index contributed by atoms with van der Waals surface area (Å²) in [5, 5.41) is 2.67. The van der Waals surface area contributed by atoms with Crippen LogP contribution in [0.3, 0.4) is 0 Å². The van der Waals surface area contributed by atoms with E-state index in [1.165, 1.54) is 13.0 Å². The van der Waals surface area contributed by atoms with E-state index in [2.05, 4.69) is 10.3 Å². The van der Waals surface area contributed by atoms with Crippen molar-refractivity contribution in [2.75, 3.05) is 11.9 Å². The van der Waals surface area contributed by atoms with Crippen LogP contribution in [0, 0.1) is 0 Å². The first-order valence-corrected chi connectivity index (χ1v) is 7.80. The van der Waals surface area contributed by atoms with E-state index in [4.69, 9.17) is 4.74 Å². The van der Waals surface area contributed by atoms with Gasteiger partial charge >= 0.3 is 5.97 Å². The van der Waals surface area contributed by atoms with E-state index in [0.717, 1.165) is 12.8 Å². The molecule has 126 valence electrons. The molecule has 0 unspecified atom stereocenters. The van der Waals surface area contributed by atoms with Gasteiger partial charge in [-0.3, -0.25) is 9.59 Å². The molecular formula is C18H20N2O4. The number of amides is 1. The van der Waals surface area contributed by atoms with Crippen molar-refractivity contribution in [1.82, 2.24) is 4.98 Å². The van der Waals surface area contributed by atoms with E-state index in [0.29, 0.717) is 23.6 Å². The van der Waals surface area contributed by atoms with Gasteiger partial charge in [-0.25, -0.2) is 4.79 Å². The molecule has 0 saturated heterocycles. The molecule has 1 aromatic heterocycles. The van der Waals surface area contributed by atoms with Crippen LogP contribution in [-0.2, 0) is 4.74 Å². The number of carbonyl (C=O) groups excluding carboxylic acids is 3. The van der Waals surface area contributed by atoms with Crippen LogP contribution < -0.4 is 5.32 Å². The Hall–Kier alpha value is -2.89. The van der Waals surface area contributed by atoms with Crippen molar-refractivity contribution in [2.45, 2.75) is 26.7 Å². The highest BCUT2D eigenvalue weighted by Gasteiger charge is 2.16. The number of anilines is 1. The minimum Gasteiger partial charge on any atom is -0.462 e. The van der Waals surface area contributed by atoms with Crippen LogP contribution in [-0.4, -0.2) is 29.3 Å². The molecule has 1 amide bonds. The van der Waals surface area contributed by atoms with Gasteiger partial charge in [0.05, 0.1) is 23.6 Å². The van der Waals surface area contributed by atoms with Crippen molar-refractivity contribution < 1.29 is 19.1 Å². The SMILES string of the molecule is CCCCOC(=O)c1ccccc1NC(=O)c1ccc(C(C)=O)[nH]1. The molecule has 0 spiro atoms. The minimum absolute atomic E-state index is 0.158. The fourth-order valence-electron chi connectivity index (χ4n) is 2.08. The first kappa shape index (κ1) is 17.5. The van der Waals surface area contributed by atoms with E-state index in [1.807, 2.05) is 6.92 Å². The Labute approximate surface area is 140 Å². The van der Waals surface area contributed by atoms with Gasteiger partial charge in [0.15, 0.2) is 5.78 Å². The zero-order chi connectivity index (χ0) is 17.5. The van der Waals surface area contributed by atoms with Crippen LogP contribution in [0.25, 0.3) is 0 Å². The quantitative estimate of drug-likeness (QED) is 0.463. The van der Waals surface area contributed by atoms with E-state index in [1.54, 1.807) is 30.3 Å². The molecule has 6 nitrogen and oxygen atoms in total. The first-order valence-electron chi connectivity index (χ1n) is 7.80. The highest BCUT2D eigenvalue weighted by atomic mass is 16.5. The first-order chi connectivity index (χ1) is 11.5. The highest BCUT2D eigenvalue weighted by Crippen LogP contribution is 2.17. The van der Waals surface area contributed by atoms with Gasteiger partial charge in [-0.05, 0) is 30.7 Å². The molecule has 0 saturated carbocycles. The highest BCUT2D eigenvalue weighted by molar-refractivity contribution is 6.07. The van der Waals surface area contributed by atoms with E-state index < -0.39 is 11.9 Å². The Morgan fingerprint density at radius 1 is 1.08 bits per heavy atom. The Bertz CT molecular complexity index is 749. The van der Waals surface area contributed by atoms with E-state index in [9.17, 15) is 14.4 Å². The third-order valence-electron chi connectivity index (χ3n) is 3.44. The fourth-order valence-corrected chi connectivity index (χ4v) is 2.08. The van der Waals surface area contributed by atoms with Crippen molar-refractivity contribution >= 4 is 23.3 Å². The molecular weight excluding hydrogens is 308 g/mol. The van der Waals surface area contributed by atoms with Gasteiger partial charge in [-0.1, -0.05) is 25.5 Å². The van der Waals surface area contributed by atoms with Crippen LogP contribution in [0.1, 0.15) is 58.0 Å². The topological polar surface area (TPSA) is 88.3 Å². The Kier molecular flexibility index (Phi) is 5.89. The molecule has 6 heteroatoms. The smallest absolute Gasteiger partial charge is 0.340 e. The standard InChI is InChI=1S/C18H20N2O4/c1-3-4-11-24-18(23)13-7-5-6-8-15(13)20-17(22)16-10-9-14(19-16)12(2)21/h5-10,19H,3-4,11H2,1-2H3,(H,20,22). The molecule has 0 atom stereocenters. The third kappa shape index (κ3) is 4.32. The second-order valence-electron chi connectivity index (χ2n) is 5.33. The predicted molar refractivity (Wildman–Crippen MR) is 90.4 cm³/mol. The van der Waals surface area contributed by atoms with Gasteiger partial charge in [-0.2, -0.15) is 0 Å². The molecule has 0 aliphatic rings. The summed E-state index contributed by atoms with van der Waals surface area (Å²) in [6, 6.07) is 9.71. The predicted octanol–water partition coefficient (Wildman–Crippen LogP) is 3.43. The zero-order valence-electron chi connectivity index (χ0n) is 13.7. The Balaban J connectivity index is 2.12. The molecule has 2 N–H and O–H groups in total. The summed E-state index contributed by atoms with van der Waals surface area (Å²) in [5.74, 6) is -1.07. The van der Waals surface area contributed by atoms with Crippen molar-refractivity contribution in [3.8, 4) is 0 Å². The number of hydrogen-bond acceptors (Lipinski definition) is 4. The lowest BCUT2D eigenvalue weighted by atomic mass is 10.1. The molecule has 2 rings (SSSR count). The largest absolute Gasteiger partial charge is 0.462 e. The van der Waals surface area contributed by atoms with Crippen LogP contribution in [0.15, 0.2) is 36.4 Å². The molecule has 2 aromatic rings.